The van der Waals surface area contributed by atoms with E-state index < -0.39 is 0 Å². The van der Waals surface area contributed by atoms with E-state index in [4.69, 9.17) is 5.73 Å². The highest BCUT2D eigenvalue weighted by atomic mass is 79.9. The summed E-state index contributed by atoms with van der Waals surface area (Å²) in [4.78, 5) is 14.3. The van der Waals surface area contributed by atoms with Gasteiger partial charge in [-0.2, -0.15) is 0 Å². The molecule has 19 heavy (non-hydrogen) atoms. The van der Waals surface area contributed by atoms with Crippen LogP contribution in [0.2, 0.25) is 0 Å². The summed E-state index contributed by atoms with van der Waals surface area (Å²) >= 11 is 3.44. The Morgan fingerprint density at radius 2 is 2.32 bits per heavy atom. The van der Waals surface area contributed by atoms with Crippen molar-refractivity contribution in [3.8, 4) is 0 Å². The lowest BCUT2D eigenvalue weighted by molar-refractivity contribution is -0.132. The Morgan fingerprint density at radius 1 is 1.53 bits per heavy atom. The monoisotopic (exact) mass is 324 g/mol. The maximum atomic E-state index is 12.3. The van der Waals surface area contributed by atoms with Crippen LogP contribution in [0.3, 0.4) is 0 Å². The van der Waals surface area contributed by atoms with Crippen molar-refractivity contribution >= 4 is 21.8 Å². The van der Waals surface area contributed by atoms with Crippen LogP contribution in [0.5, 0.6) is 0 Å². The molecule has 4 heteroatoms. The fourth-order valence-corrected chi connectivity index (χ4v) is 3.09. The van der Waals surface area contributed by atoms with Crippen molar-refractivity contribution in [2.75, 3.05) is 13.1 Å². The predicted molar refractivity (Wildman–Crippen MR) is 80.8 cm³/mol. The molecule has 3 nitrogen and oxygen atoms in total. The highest BCUT2D eigenvalue weighted by Crippen LogP contribution is 2.20. The van der Waals surface area contributed by atoms with Gasteiger partial charge in [0.2, 0.25) is 5.91 Å². The van der Waals surface area contributed by atoms with E-state index in [-0.39, 0.29) is 11.9 Å². The number of rotatable bonds is 3. The van der Waals surface area contributed by atoms with Crippen molar-refractivity contribution in [2.45, 2.75) is 32.2 Å². The van der Waals surface area contributed by atoms with Crippen molar-refractivity contribution in [3.63, 3.8) is 0 Å². The molecule has 1 aliphatic rings. The number of hydrogen-bond donors (Lipinski definition) is 1. The average Bonchev–Trinajstić information content (AvgIpc) is 2.39. The van der Waals surface area contributed by atoms with Crippen LogP contribution in [0.1, 0.15) is 25.3 Å². The molecular formula is C15H21BrN2O. The zero-order valence-electron chi connectivity index (χ0n) is 11.3. The fourth-order valence-electron chi connectivity index (χ4n) is 2.64. The smallest absolute Gasteiger partial charge is 0.227 e. The number of carbonyl (C=O) groups excluding carboxylic acids is 1. The average molecular weight is 325 g/mol. The molecule has 1 aromatic rings. The number of hydrogen-bond acceptors (Lipinski definition) is 2. The summed E-state index contributed by atoms with van der Waals surface area (Å²) in [7, 11) is 0. The number of benzene rings is 1. The summed E-state index contributed by atoms with van der Waals surface area (Å²) in [6.45, 7) is 3.75. The van der Waals surface area contributed by atoms with Crippen molar-refractivity contribution in [3.05, 3.63) is 34.3 Å². The van der Waals surface area contributed by atoms with E-state index in [2.05, 4.69) is 22.9 Å². The quantitative estimate of drug-likeness (QED) is 0.928. The lowest BCUT2D eigenvalue weighted by Gasteiger charge is -2.36. The third-order valence-electron chi connectivity index (χ3n) is 3.91. The second kappa shape index (κ2) is 6.53. The molecule has 1 aliphatic heterocycles. The lowest BCUT2D eigenvalue weighted by atomic mass is 9.90. The molecule has 1 aromatic carbocycles. The topological polar surface area (TPSA) is 46.3 Å². The van der Waals surface area contributed by atoms with Gasteiger partial charge in [-0.15, -0.1) is 0 Å². The van der Waals surface area contributed by atoms with Gasteiger partial charge in [-0.1, -0.05) is 41.4 Å². The highest BCUT2D eigenvalue weighted by molar-refractivity contribution is 9.10. The summed E-state index contributed by atoms with van der Waals surface area (Å²) in [6.07, 6.45) is 2.44. The van der Waals surface area contributed by atoms with Crippen molar-refractivity contribution in [1.29, 1.82) is 0 Å². The standard InChI is InChI=1S/C15H21BrN2O/c1-2-12-10-18(7-6-14(12)17)15(19)9-11-4-3-5-13(16)8-11/h3-5,8,12,14H,2,6-7,9-10,17H2,1H3. The molecule has 104 valence electrons. The van der Waals surface area contributed by atoms with Crippen molar-refractivity contribution in [2.24, 2.45) is 11.7 Å². The molecule has 0 aliphatic carbocycles. The molecule has 2 rings (SSSR count). The Balaban J connectivity index is 1.97. The Labute approximate surface area is 123 Å². The number of amides is 1. The maximum Gasteiger partial charge on any atom is 0.227 e. The number of likely N-dealkylation sites (tertiary alicyclic amines) is 1. The van der Waals surface area contributed by atoms with Crippen LogP contribution in [-0.4, -0.2) is 29.9 Å². The van der Waals surface area contributed by atoms with E-state index >= 15 is 0 Å². The Kier molecular flexibility index (Phi) is 4.99. The van der Waals surface area contributed by atoms with Gasteiger partial charge < -0.3 is 10.6 Å². The van der Waals surface area contributed by atoms with Gasteiger partial charge in [-0.05, 0) is 30.0 Å². The minimum atomic E-state index is 0.212. The van der Waals surface area contributed by atoms with Gasteiger partial charge >= 0.3 is 0 Å². The summed E-state index contributed by atoms with van der Waals surface area (Å²) in [6, 6.07) is 8.19. The predicted octanol–water partition coefficient (Wildman–Crippen LogP) is 2.58. The normalized spacial score (nSPS) is 23.4. The van der Waals surface area contributed by atoms with Crippen LogP contribution in [0.4, 0.5) is 0 Å². The number of piperidine rings is 1. The fraction of sp³-hybridized carbons (Fsp3) is 0.533. The number of halogens is 1. The van der Waals surface area contributed by atoms with Crippen molar-refractivity contribution < 1.29 is 4.79 Å². The number of nitrogens with two attached hydrogens (primary N) is 1. The maximum absolute atomic E-state index is 12.3. The number of carbonyl (C=O) groups is 1. The van der Waals surface area contributed by atoms with Gasteiger partial charge in [-0.25, -0.2) is 0 Å². The molecule has 2 N–H and O–H groups in total. The van der Waals surface area contributed by atoms with Gasteiger partial charge in [0.1, 0.15) is 0 Å². The van der Waals surface area contributed by atoms with Crippen molar-refractivity contribution in [1.82, 2.24) is 4.90 Å². The minimum Gasteiger partial charge on any atom is -0.342 e. The number of nitrogens with zero attached hydrogens (tertiary/aromatic N) is 1. The molecule has 1 saturated heterocycles. The zero-order valence-corrected chi connectivity index (χ0v) is 12.9. The van der Waals surface area contributed by atoms with Gasteiger partial charge in [0.15, 0.2) is 0 Å². The molecule has 0 radical (unpaired) electrons. The molecule has 0 saturated carbocycles. The van der Waals surface area contributed by atoms with Crippen LogP contribution >= 0.6 is 15.9 Å². The molecule has 1 amide bonds. The Hall–Kier alpha value is -0.870. The first kappa shape index (κ1) is 14.5. The molecular weight excluding hydrogens is 304 g/mol. The van der Waals surface area contributed by atoms with E-state index in [1.807, 2.05) is 29.2 Å². The summed E-state index contributed by atoms with van der Waals surface area (Å²) in [5.41, 5.74) is 7.14. The van der Waals surface area contributed by atoms with Crippen LogP contribution < -0.4 is 5.73 Å². The molecule has 0 bridgehead atoms. The van der Waals surface area contributed by atoms with Gasteiger partial charge in [0, 0.05) is 23.6 Å². The SMILES string of the molecule is CCC1CN(C(=O)Cc2cccc(Br)c2)CCC1N. The highest BCUT2D eigenvalue weighted by Gasteiger charge is 2.27. The van der Waals surface area contributed by atoms with Crippen LogP contribution in [0.25, 0.3) is 0 Å². The third-order valence-corrected chi connectivity index (χ3v) is 4.41. The van der Waals surface area contributed by atoms with E-state index in [1.54, 1.807) is 0 Å². The van der Waals surface area contributed by atoms with Gasteiger partial charge in [-0.3, -0.25) is 4.79 Å². The largest absolute Gasteiger partial charge is 0.342 e. The van der Waals surface area contributed by atoms with Gasteiger partial charge in [0.25, 0.3) is 0 Å². The van der Waals surface area contributed by atoms with E-state index in [9.17, 15) is 4.79 Å². The second-order valence-electron chi connectivity index (χ2n) is 5.27. The lowest BCUT2D eigenvalue weighted by Crippen LogP contribution is -2.49. The van der Waals surface area contributed by atoms with E-state index in [0.29, 0.717) is 12.3 Å². The van der Waals surface area contributed by atoms with E-state index in [0.717, 1.165) is 36.0 Å². The minimum absolute atomic E-state index is 0.212. The molecule has 2 atom stereocenters. The molecule has 2 unspecified atom stereocenters. The van der Waals surface area contributed by atoms with E-state index in [1.165, 1.54) is 0 Å². The van der Waals surface area contributed by atoms with Gasteiger partial charge in [0.05, 0.1) is 6.42 Å². The first-order chi connectivity index (χ1) is 9.10. The third kappa shape index (κ3) is 3.80. The molecule has 0 aromatic heterocycles. The zero-order chi connectivity index (χ0) is 13.8. The molecule has 1 fully saturated rings. The summed E-state index contributed by atoms with van der Waals surface area (Å²) < 4.78 is 1.02. The summed E-state index contributed by atoms with van der Waals surface area (Å²) in [5.74, 6) is 0.656. The second-order valence-corrected chi connectivity index (χ2v) is 6.18. The van der Waals surface area contributed by atoms with Crippen LogP contribution in [-0.2, 0) is 11.2 Å². The first-order valence-corrected chi connectivity index (χ1v) is 7.67. The van der Waals surface area contributed by atoms with Crippen LogP contribution in [0.15, 0.2) is 28.7 Å². The molecule has 1 heterocycles. The Bertz CT molecular complexity index is 450. The van der Waals surface area contributed by atoms with Crippen LogP contribution in [0, 0.1) is 5.92 Å². The first-order valence-electron chi connectivity index (χ1n) is 6.88. The molecule has 0 spiro atoms. The Morgan fingerprint density at radius 3 is 3.00 bits per heavy atom. The summed E-state index contributed by atoms with van der Waals surface area (Å²) in [5, 5.41) is 0.